The summed E-state index contributed by atoms with van der Waals surface area (Å²) in [5, 5.41) is 8.75. The third-order valence-corrected chi connectivity index (χ3v) is 1.69. The van der Waals surface area contributed by atoms with Gasteiger partial charge in [0.15, 0.2) is 5.11 Å². The zero-order valence-electron chi connectivity index (χ0n) is 8.31. The Hall–Kier alpha value is -0.840. The van der Waals surface area contributed by atoms with E-state index in [9.17, 15) is 4.79 Å². The molecule has 0 saturated heterocycles. The minimum Gasteiger partial charge on any atom is -0.366 e. The van der Waals surface area contributed by atoms with Gasteiger partial charge >= 0.3 is 0 Å². The lowest BCUT2D eigenvalue weighted by molar-refractivity contribution is -0.120. The SMILES string of the molecule is CNC(=S)NCC(=O)NCC(C)C. The molecule has 0 fully saturated rings. The molecule has 0 rings (SSSR count). The van der Waals surface area contributed by atoms with Gasteiger partial charge in [-0.05, 0) is 18.1 Å². The van der Waals surface area contributed by atoms with Crippen LogP contribution in [0.4, 0.5) is 0 Å². The Labute approximate surface area is 84.5 Å². The fourth-order valence-corrected chi connectivity index (χ4v) is 0.702. The van der Waals surface area contributed by atoms with Crippen molar-refractivity contribution >= 4 is 23.2 Å². The molecule has 76 valence electrons. The summed E-state index contributed by atoms with van der Waals surface area (Å²) in [4.78, 5) is 11.1. The summed E-state index contributed by atoms with van der Waals surface area (Å²) < 4.78 is 0. The van der Waals surface area contributed by atoms with E-state index in [1.54, 1.807) is 7.05 Å². The van der Waals surface area contributed by atoms with E-state index in [1.165, 1.54) is 0 Å². The Morgan fingerprint density at radius 3 is 2.46 bits per heavy atom. The molecule has 0 spiro atoms. The van der Waals surface area contributed by atoms with Crippen LogP contribution in [0.2, 0.25) is 0 Å². The maximum absolute atomic E-state index is 11.1. The molecule has 0 bridgehead atoms. The van der Waals surface area contributed by atoms with Gasteiger partial charge in [0.05, 0.1) is 6.54 Å². The highest BCUT2D eigenvalue weighted by Crippen LogP contribution is 1.85. The highest BCUT2D eigenvalue weighted by Gasteiger charge is 2.01. The molecule has 0 aliphatic heterocycles. The lowest BCUT2D eigenvalue weighted by Gasteiger charge is -2.09. The molecule has 13 heavy (non-hydrogen) atoms. The predicted octanol–water partition coefficient (Wildman–Crippen LogP) is -0.147. The van der Waals surface area contributed by atoms with Crippen molar-refractivity contribution in [3.05, 3.63) is 0 Å². The number of hydrogen-bond acceptors (Lipinski definition) is 2. The summed E-state index contributed by atoms with van der Waals surface area (Å²) in [5.74, 6) is 0.437. The maximum atomic E-state index is 11.1. The van der Waals surface area contributed by atoms with Crippen molar-refractivity contribution in [3.63, 3.8) is 0 Å². The zero-order chi connectivity index (χ0) is 10.3. The summed E-state index contributed by atoms with van der Waals surface area (Å²) >= 11 is 4.81. The van der Waals surface area contributed by atoms with E-state index >= 15 is 0 Å². The summed E-state index contributed by atoms with van der Waals surface area (Å²) in [6.45, 7) is 5.02. The van der Waals surface area contributed by atoms with Crippen LogP contribution in [0.25, 0.3) is 0 Å². The number of thiocarbonyl (C=S) groups is 1. The second-order valence-electron chi connectivity index (χ2n) is 3.13. The van der Waals surface area contributed by atoms with Crippen molar-refractivity contribution in [2.45, 2.75) is 13.8 Å². The first kappa shape index (κ1) is 12.2. The molecule has 0 saturated carbocycles. The molecule has 0 aromatic heterocycles. The van der Waals surface area contributed by atoms with Crippen molar-refractivity contribution in [1.29, 1.82) is 0 Å². The first-order valence-electron chi connectivity index (χ1n) is 4.28. The van der Waals surface area contributed by atoms with Gasteiger partial charge in [0.1, 0.15) is 0 Å². The first-order chi connectivity index (χ1) is 6.06. The maximum Gasteiger partial charge on any atom is 0.239 e. The number of hydrogen-bond donors (Lipinski definition) is 3. The highest BCUT2D eigenvalue weighted by atomic mass is 32.1. The van der Waals surface area contributed by atoms with E-state index in [0.717, 1.165) is 0 Å². The van der Waals surface area contributed by atoms with Gasteiger partial charge < -0.3 is 16.0 Å². The zero-order valence-corrected chi connectivity index (χ0v) is 9.12. The summed E-state index contributed by atoms with van der Waals surface area (Å²) in [6, 6.07) is 0. The van der Waals surface area contributed by atoms with E-state index in [-0.39, 0.29) is 12.5 Å². The quantitative estimate of drug-likeness (QED) is 0.556. The number of amides is 1. The molecule has 0 unspecified atom stereocenters. The number of carbonyl (C=O) groups excluding carboxylic acids is 1. The lowest BCUT2D eigenvalue weighted by Crippen LogP contribution is -2.41. The van der Waals surface area contributed by atoms with Crippen LogP contribution in [0.15, 0.2) is 0 Å². The molecule has 0 aliphatic rings. The van der Waals surface area contributed by atoms with Crippen LogP contribution in [0.1, 0.15) is 13.8 Å². The van der Waals surface area contributed by atoms with Gasteiger partial charge in [-0.3, -0.25) is 4.79 Å². The van der Waals surface area contributed by atoms with Crippen LogP contribution in [-0.2, 0) is 4.79 Å². The van der Waals surface area contributed by atoms with E-state index in [4.69, 9.17) is 12.2 Å². The van der Waals surface area contributed by atoms with E-state index in [2.05, 4.69) is 16.0 Å². The fraction of sp³-hybridized carbons (Fsp3) is 0.750. The number of nitrogens with one attached hydrogen (secondary N) is 3. The topological polar surface area (TPSA) is 53.2 Å². The highest BCUT2D eigenvalue weighted by molar-refractivity contribution is 7.80. The van der Waals surface area contributed by atoms with Crippen molar-refractivity contribution in [1.82, 2.24) is 16.0 Å². The van der Waals surface area contributed by atoms with Crippen molar-refractivity contribution in [2.24, 2.45) is 5.92 Å². The Balaban J connectivity index is 3.46. The van der Waals surface area contributed by atoms with Gasteiger partial charge in [0, 0.05) is 13.6 Å². The Bertz CT molecular complexity index is 182. The average Bonchev–Trinajstić information content (AvgIpc) is 2.10. The molecule has 1 amide bonds. The molecular weight excluding hydrogens is 186 g/mol. The molecular formula is C8H17N3OS. The van der Waals surface area contributed by atoms with Crippen molar-refractivity contribution in [2.75, 3.05) is 20.1 Å². The van der Waals surface area contributed by atoms with Crippen LogP contribution in [0.3, 0.4) is 0 Å². The third-order valence-electron chi connectivity index (χ3n) is 1.34. The van der Waals surface area contributed by atoms with Crippen LogP contribution >= 0.6 is 12.2 Å². The van der Waals surface area contributed by atoms with Gasteiger partial charge in [-0.2, -0.15) is 0 Å². The molecule has 3 N–H and O–H groups in total. The fourth-order valence-electron chi connectivity index (χ4n) is 0.629. The van der Waals surface area contributed by atoms with E-state index in [1.807, 2.05) is 13.8 Å². The molecule has 0 aromatic rings. The number of rotatable bonds is 4. The summed E-state index contributed by atoms with van der Waals surface area (Å²) in [6.07, 6.45) is 0. The van der Waals surface area contributed by atoms with Crippen LogP contribution in [0.5, 0.6) is 0 Å². The minimum absolute atomic E-state index is 0.0358. The van der Waals surface area contributed by atoms with Gasteiger partial charge in [0.25, 0.3) is 0 Å². The van der Waals surface area contributed by atoms with Gasteiger partial charge in [-0.15, -0.1) is 0 Å². The van der Waals surface area contributed by atoms with Gasteiger partial charge in [0.2, 0.25) is 5.91 Å². The van der Waals surface area contributed by atoms with E-state index in [0.29, 0.717) is 17.6 Å². The van der Waals surface area contributed by atoms with Gasteiger partial charge in [-0.25, -0.2) is 0 Å². The molecule has 0 atom stereocenters. The minimum atomic E-state index is -0.0358. The third kappa shape index (κ3) is 7.52. The molecule has 0 aliphatic carbocycles. The Morgan fingerprint density at radius 1 is 1.38 bits per heavy atom. The molecule has 4 nitrogen and oxygen atoms in total. The van der Waals surface area contributed by atoms with Crippen molar-refractivity contribution < 1.29 is 4.79 Å². The van der Waals surface area contributed by atoms with E-state index < -0.39 is 0 Å². The monoisotopic (exact) mass is 203 g/mol. The molecule has 0 heterocycles. The average molecular weight is 203 g/mol. The first-order valence-corrected chi connectivity index (χ1v) is 4.69. The molecule has 0 radical (unpaired) electrons. The summed E-state index contributed by atoms with van der Waals surface area (Å²) in [7, 11) is 1.71. The standard InChI is InChI=1S/C8H17N3OS/c1-6(2)4-10-7(12)5-11-8(13)9-3/h6H,4-5H2,1-3H3,(H,10,12)(H2,9,11,13). The Morgan fingerprint density at radius 2 is 2.00 bits per heavy atom. The van der Waals surface area contributed by atoms with Crippen LogP contribution in [0, 0.1) is 5.92 Å². The smallest absolute Gasteiger partial charge is 0.239 e. The second-order valence-corrected chi connectivity index (χ2v) is 3.54. The largest absolute Gasteiger partial charge is 0.366 e. The second kappa shape index (κ2) is 6.65. The van der Waals surface area contributed by atoms with Crippen LogP contribution < -0.4 is 16.0 Å². The molecule has 0 aromatic carbocycles. The van der Waals surface area contributed by atoms with Crippen LogP contribution in [-0.4, -0.2) is 31.2 Å². The summed E-state index contributed by atoms with van der Waals surface area (Å²) in [5.41, 5.74) is 0. The lowest BCUT2D eigenvalue weighted by atomic mass is 10.2. The van der Waals surface area contributed by atoms with Crippen molar-refractivity contribution in [3.8, 4) is 0 Å². The predicted molar refractivity (Wildman–Crippen MR) is 57.5 cm³/mol. The number of carbonyl (C=O) groups is 1. The van der Waals surface area contributed by atoms with Gasteiger partial charge in [-0.1, -0.05) is 13.8 Å². The normalized spacial score (nSPS) is 9.54. The molecule has 5 heteroatoms. The Kier molecular flexibility index (Phi) is 6.22.